The minimum absolute atomic E-state index is 0.141. The molecule has 0 unspecified atom stereocenters. The molecule has 4 rings (SSSR count). The molecule has 31 heavy (non-hydrogen) atoms. The molecule has 0 spiro atoms. The number of nitrogens with zero attached hydrogens (tertiary/aromatic N) is 5. The summed E-state index contributed by atoms with van der Waals surface area (Å²) in [5.74, 6) is 1.05. The van der Waals surface area contributed by atoms with E-state index in [1.165, 1.54) is 0 Å². The number of hydrogen-bond donors (Lipinski definition) is 4. The second-order valence-corrected chi connectivity index (χ2v) is 8.16. The van der Waals surface area contributed by atoms with Gasteiger partial charge in [0.25, 0.3) is 0 Å². The molecule has 1 saturated heterocycles. The van der Waals surface area contributed by atoms with Crippen molar-refractivity contribution >= 4 is 33.4 Å². The average Bonchev–Trinajstić information content (AvgIpc) is 2.80. The Hall–Kier alpha value is -3.27. The third-order valence-electron chi connectivity index (χ3n) is 5.20. The van der Waals surface area contributed by atoms with Crippen LogP contribution in [-0.4, -0.2) is 57.3 Å². The number of benzene rings is 1. The smallest absolute Gasteiger partial charge is 0.225 e. The Bertz CT molecular complexity index is 1070. The summed E-state index contributed by atoms with van der Waals surface area (Å²) >= 11 is 3.36. The van der Waals surface area contributed by atoms with Gasteiger partial charge in [0.15, 0.2) is 5.69 Å². The Morgan fingerprint density at radius 2 is 1.87 bits per heavy atom. The fourth-order valence-corrected chi connectivity index (χ4v) is 3.74. The molecule has 9 nitrogen and oxygen atoms in total. The largest absolute Gasteiger partial charge is 0.507 e. The summed E-state index contributed by atoms with van der Waals surface area (Å²) in [6.07, 6.45) is 5.29. The molecular formula is C21H23BrN8O. The zero-order valence-corrected chi connectivity index (χ0v) is 18.6. The lowest BCUT2D eigenvalue weighted by molar-refractivity contribution is 0.477. The van der Waals surface area contributed by atoms with Crippen molar-refractivity contribution in [3.05, 3.63) is 52.9 Å². The molecule has 0 atom stereocenters. The third-order valence-corrected chi connectivity index (χ3v) is 5.61. The van der Waals surface area contributed by atoms with Crippen LogP contribution >= 0.6 is 15.9 Å². The molecule has 1 aliphatic heterocycles. The lowest BCUT2D eigenvalue weighted by Crippen LogP contribution is -2.40. The first kappa shape index (κ1) is 21.0. The van der Waals surface area contributed by atoms with Gasteiger partial charge in [0.2, 0.25) is 5.95 Å². The van der Waals surface area contributed by atoms with Gasteiger partial charge in [0.05, 0.1) is 15.9 Å². The predicted molar refractivity (Wildman–Crippen MR) is 124 cm³/mol. The van der Waals surface area contributed by atoms with E-state index in [0.717, 1.165) is 36.4 Å². The Balaban J connectivity index is 1.53. The summed E-state index contributed by atoms with van der Waals surface area (Å²) in [4.78, 5) is 10.9. The van der Waals surface area contributed by atoms with Crippen molar-refractivity contribution in [2.75, 3.05) is 30.4 Å². The fourth-order valence-electron chi connectivity index (χ4n) is 3.54. The van der Waals surface area contributed by atoms with Gasteiger partial charge in [-0.2, -0.15) is 0 Å². The summed E-state index contributed by atoms with van der Waals surface area (Å²) in [5.41, 5.74) is 2.31. The molecular weight excluding hydrogens is 460 g/mol. The molecule has 10 heteroatoms. The normalized spacial score (nSPS) is 14.3. The molecule has 0 saturated carbocycles. The monoisotopic (exact) mass is 482 g/mol. The van der Waals surface area contributed by atoms with Gasteiger partial charge in [-0.05, 0) is 47.0 Å². The van der Waals surface area contributed by atoms with E-state index in [9.17, 15) is 5.11 Å². The Morgan fingerprint density at radius 1 is 1.16 bits per heavy atom. The van der Waals surface area contributed by atoms with Gasteiger partial charge in [-0.25, -0.2) is 9.97 Å². The highest BCUT2D eigenvalue weighted by Gasteiger charge is 2.23. The summed E-state index contributed by atoms with van der Waals surface area (Å²) in [6.45, 7) is 1.64. The first-order valence-corrected chi connectivity index (χ1v) is 10.8. The van der Waals surface area contributed by atoms with Crippen LogP contribution in [0.5, 0.6) is 5.75 Å². The van der Waals surface area contributed by atoms with Gasteiger partial charge >= 0.3 is 0 Å². The number of piperidine rings is 1. The number of aromatic nitrogens is 4. The third kappa shape index (κ3) is 4.74. The summed E-state index contributed by atoms with van der Waals surface area (Å²) in [6, 6.07) is 9.06. The molecule has 3 heterocycles. The molecule has 2 aromatic heterocycles. The SMILES string of the molecule is CNC(=N)c1nnc(-c2ccccc2O)cc1NC1CCN(c2ncc(Br)cn2)CC1. The van der Waals surface area contributed by atoms with Gasteiger partial charge in [-0.15, -0.1) is 10.2 Å². The Morgan fingerprint density at radius 3 is 2.55 bits per heavy atom. The number of phenolic OH excluding ortho intramolecular Hbond substituents is 1. The summed E-state index contributed by atoms with van der Waals surface area (Å²) < 4.78 is 0.859. The second-order valence-electron chi connectivity index (χ2n) is 7.24. The van der Waals surface area contributed by atoms with Crippen LogP contribution in [0.4, 0.5) is 11.6 Å². The number of nitrogens with one attached hydrogen (secondary N) is 3. The zero-order chi connectivity index (χ0) is 21.8. The van der Waals surface area contributed by atoms with Crippen molar-refractivity contribution in [2.45, 2.75) is 18.9 Å². The van der Waals surface area contributed by atoms with Gasteiger partial charge in [0.1, 0.15) is 11.6 Å². The van der Waals surface area contributed by atoms with Crippen molar-refractivity contribution in [3.8, 4) is 17.0 Å². The maximum atomic E-state index is 10.2. The molecule has 1 aliphatic rings. The Labute approximate surface area is 188 Å². The first-order valence-electron chi connectivity index (χ1n) is 9.97. The number of rotatable bonds is 5. The molecule has 0 aliphatic carbocycles. The lowest BCUT2D eigenvalue weighted by Gasteiger charge is -2.33. The predicted octanol–water partition coefficient (Wildman–Crippen LogP) is 3.03. The van der Waals surface area contributed by atoms with E-state index in [4.69, 9.17) is 5.41 Å². The van der Waals surface area contributed by atoms with Crippen molar-refractivity contribution in [1.82, 2.24) is 25.5 Å². The quantitative estimate of drug-likeness (QED) is 0.323. The highest BCUT2D eigenvalue weighted by atomic mass is 79.9. The minimum Gasteiger partial charge on any atom is -0.507 e. The van der Waals surface area contributed by atoms with Crippen molar-refractivity contribution in [3.63, 3.8) is 0 Å². The highest BCUT2D eigenvalue weighted by molar-refractivity contribution is 9.10. The van der Waals surface area contributed by atoms with Crippen LogP contribution in [0.2, 0.25) is 0 Å². The van der Waals surface area contributed by atoms with Gasteiger partial charge in [-0.3, -0.25) is 5.41 Å². The van der Waals surface area contributed by atoms with E-state index in [1.54, 1.807) is 37.6 Å². The van der Waals surface area contributed by atoms with Crippen LogP contribution in [0.25, 0.3) is 11.3 Å². The van der Waals surface area contributed by atoms with E-state index in [2.05, 4.69) is 51.6 Å². The maximum absolute atomic E-state index is 10.2. The molecule has 3 aromatic rings. The van der Waals surface area contributed by atoms with Crippen LogP contribution in [0.15, 0.2) is 47.2 Å². The molecule has 160 valence electrons. The van der Waals surface area contributed by atoms with Crippen molar-refractivity contribution < 1.29 is 5.11 Å². The van der Waals surface area contributed by atoms with Crippen LogP contribution < -0.4 is 15.5 Å². The molecule has 0 radical (unpaired) electrons. The van der Waals surface area contributed by atoms with Gasteiger partial charge in [0, 0.05) is 44.1 Å². The van der Waals surface area contributed by atoms with Crippen LogP contribution in [0.1, 0.15) is 18.5 Å². The van der Waals surface area contributed by atoms with E-state index in [1.807, 2.05) is 12.1 Å². The van der Waals surface area contributed by atoms with Crippen LogP contribution in [-0.2, 0) is 0 Å². The number of hydrogen-bond acceptors (Lipinski definition) is 8. The molecule has 1 fully saturated rings. The van der Waals surface area contributed by atoms with Gasteiger partial charge in [-0.1, -0.05) is 12.1 Å². The number of anilines is 2. The number of halogens is 1. The zero-order valence-electron chi connectivity index (χ0n) is 17.0. The Kier molecular flexibility index (Phi) is 6.26. The molecule has 0 amide bonds. The second kappa shape index (κ2) is 9.25. The number of phenols is 1. The first-order chi connectivity index (χ1) is 15.0. The van der Waals surface area contributed by atoms with Crippen molar-refractivity contribution in [1.29, 1.82) is 5.41 Å². The average molecular weight is 483 g/mol. The molecule has 0 bridgehead atoms. The standard InChI is InChI=1S/C21H23BrN8O/c1-24-20(23)19-17(10-16(28-29-19)15-4-2-3-5-18(15)31)27-14-6-8-30(9-7-14)21-25-11-13(22)12-26-21/h2-5,10-12,14,31H,6-9H2,1H3,(H2,23,24)(H,27,28). The van der Waals surface area contributed by atoms with Crippen molar-refractivity contribution in [2.24, 2.45) is 0 Å². The van der Waals surface area contributed by atoms with E-state index < -0.39 is 0 Å². The number of aromatic hydroxyl groups is 1. The topological polar surface area (TPSA) is 123 Å². The lowest BCUT2D eigenvalue weighted by atomic mass is 10.0. The van der Waals surface area contributed by atoms with E-state index in [0.29, 0.717) is 22.6 Å². The summed E-state index contributed by atoms with van der Waals surface area (Å²) in [5, 5.41) is 33.2. The van der Waals surface area contributed by atoms with Crippen LogP contribution in [0, 0.1) is 5.41 Å². The van der Waals surface area contributed by atoms with E-state index >= 15 is 0 Å². The summed E-state index contributed by atoms with van der Waals surface area (Å²) in [7, 11) is 1.68. The molecule has 1 aromatic carbocycles. The van der Waals surface area contributed by atoms with E-state index in [-0.39, 0.29) is 17.6 Å². The molecule has 4 N–H and O–H groups in total. The van der Waals surface area contributed by atoms with Crippen LogP contribution in [0.3, 0.4) is 0 Å². The number of amidine groups is 1. The highest BCUT2D eigenvalue weighted by Crippen LogP contribution is 2.30. The minimum atomic E-state index is 0.141. The number of para-hydroxylation sites is 1. The maximum Gasteiger partial charge on any atom is 0.225 e. The fraction of sp³-hybridized carbons (Fsp3) is 0.286. The van der Waals surface area contributed by atoms with Gasteiger partial charge < -0.3 is 20.6 Å².